The highest BCUT2D eigenvalue weighted by Crippen LogP contribution is 2.00. The van der Waals surface area contributed by atoms with Crippen molar-refractivity contribution in [1.82, 2.24) is 0 Å². The molecule has 3 heteroatoms. The lowest BCUT2D eigenvalue weighted by atomic mass is 10.2. The smallest absolute Gasteiger partial charge is 0.0636 e. The van der Waals surface area contributed by atoms with Crippen LogP contribution in [0.5, 0.6) is 0 Å². The fraction of sp³-hybridized carbons (Fsp3) is 0.100. The molecule has 1 aromatic carbocycles. The second-order valence-electron chi connectivity index (χ2n) is 2.17. The van der Waals surface area contributed by atoms with Crippen LogP contribution in [-0.2, 0) is 10.5 Å². The second kappa shape index (κ2) is 7.43. The third-order valence-corrected chi connectivity index (χ3v) is 1.56. The zero-order valence-corrected chi connectivity index (χ0v) is 8.04. The molecule has 0 atom stereocenters. The average Bonchev–Trinajstić information content (AvgIpc) is 2.20. The number of carbonyl (C=O) groups is 1. The van der Waals surface area contributed by atoms with Crippen LogP contribution in [0.4, 0.5) is 0 Å². The first-order valence-corrected chi connectivity index (χ1v) is 4.32. The number of benzene rings is 1. The van der Waals surface area contributed by atoms with Gasteiger partial charge >= 0.3 is 0 Å². The van der Waals surface area contributed by atoms with Crippen molar-refractivity contribution in [3.8, 4) is 0 Å². The molecular weight excluding hydrogens is 184 g/mol. The molecule has 0 saturated heterocycles. The fourth-order valence-corrected chi connectivity index (χ4v) is 0.794. The Bertz CT molecular complexity index is 257. The normalized spacial score (nSPS) is 8.08. The summed E-state index contributed by atoms with van der Waals surface area (Å²) in [7, 11) is 0. The number of thiol groups is 1. The van der Waals surface area contributed by atoms with Crippen molar-refractivity contribution in [3.63, 3.8) is 0 Å². The van der Waals surface area contributed by atoms with Gasteiger partial charge in [0, 0.05) is 5.75 Å². The van der Waals surface area contributed by atoms with Crippen LogP contribution >= 0.6 is 12.6 Å². The molecule has 70 valence electrons. The van der Waals surface area contributed by atoms with Crippen LogP contribution in [0.3, 0.4) is 0 Å². The van der Waals surface area contributed by atoms with Crippen LogP contribution in [-0.4, -0.2) is 5.97 Å². The SMILES string of the molecule is C=CC(=O)[O-].SCc1ccccc1. The lowest BCUT2D eigenvalue weighted by Crippen LogP contribution is -2.17. The Balaban J connectivity index is 0.000000252. The molecule has 0 aromatic heterocycles. The van der Waals surface area contributed by atoms with Gasteiger partial charge in [-0.2, -0.15) is 12.6 Å². The molecule has 0 radical (unpaired) electrons. The molecule has 0 spiro atoms. The highest BCUT2D eigenvalue weighted by molar-refractivity contribution is 7.79. The summed E-state index contributed by atoms with van der Waals surface area (Å²) in [6, 6.07) is 10.2. The second-order valence-corrected chi connectivity index (χ2v) is 2.48. The van der Waals surface area contributed by atoms with Crippen molar-refractivity contribution in [2.45, 2.75) is 5.75 Å². The van der Waals surface area contributed by atoms with E-state index < -0.39 is 5.97 Å². The highest BCUT2D eigenvalue weighted by Gasteiger charge is 1.80. The van der Waals surface area contributed by atoms with E-state index >= 15 is 0 Å². The van der Waals surface area contributed by atoms with Crippen molar-refractivity contribution in [3.05, 3.63) is 48.6 Å². The molecule has 0 N–H and O–H groups in total. The first-order valence-electron chi connectivity index (χ1n) is 3.69. The molecule has 0 unspecified atom stereocenters. The third-order valence-electron chi connectivity index (χ3n) is 1.19. The molecule has 1 rings (SSSR count). The molecular formula is C10H11O2S-. The average molecular weight is 195 g/mol. The van der Waals surface area contributed by atoms with Crippen LogP contribution in [0.1, 0.15) is 5.56 Å². The summed E-state index contributed by atoms with van der Waals surface area (Å²) in [4.78, 5) is 9.14. The summed E-state index contributed by atoms with van der Waals surface area (Å²) >= 11 is 4.11. The van der Waals surface area contributed by atoms with Gasteiger partial charge in [-0.05, 0) is 11.6 Å². The Morgan fingerprint density at radius 2 is 1.92 bits per heavy atom. The molecule has 0 fully saturated rings. The van der Waals surface area contributed by atoms with Gasteiger partial charge in [0.05, 0.1) is 5.97 Å². The molecule has 0 amide bonds. The minimum absolute atomic E-state index is 0.722. The molecule has 1 aromatic rings. The van der Waals surface area contributed by atoms with Gasteiger partial charge < -0.3 is 9.90 Å². The van der Waals surface area contributed by atoms with Gasteiger partial charge in [-0.3, -0.25) is 0 Å². The summed E-state index contributed by atoms with van der Waals surface area (Å²) in [6.07, 6.45) is 0.722. The van der Waals surface area contributed by atoms with Gasteiger partial charge in [0.2, 0.25) is 0 Å². The first-order chi connectivity index (χ1) is 6.20. The third kappa shape index (κ3) is 7.15. The summed E-state index contributed by atoms with van der Waals surface area (Å²) in [6.45, 7) is 2.90. The Morgan fingerprint density at radius 3 is 2.15 bits per heavy atom. The van der Waals surface area contributed by atoms with Gasteiger partial charge in [-0.25, -0.2) is 0 Å². The van der Waals surface area contributed by atoms with Crippen molar-refractivity contribution >= 4 is 18.6 Å². The molecule has 2 nitrogen and oxygen atoms in total. The molecule has 0 aliphatic heterocycles. The molecule has 0 heterocycles. The summed E-state index contributed by atoms with van der Waals surface area (Å²) in [5.41, 5.74) is 1.27. The lowest BCUT2D eigenvalue weighted by molar-refractivity contribution is -0.297. The highest BCUT2D eigenvalue weighted by atomic mass is 32.1. The maximum absolute atomic E-state index is 9.14. The molecule has 0 saturated carbocycles. The Kier molecular flexibility index (Phi) is 6.73. The largest absolute Gasteiger partial charge is 0.545 e. The molecule has 13 heavy (non-hydrogen) atoms. The van der Waals surface area contributed by atoms with Gasteiger partial charge in [0.25, 0.3) is 0 Å². The number of hydrogen-bond acceptors (Lipinski definition) is 3. The summed E-state index contributed by atoms with van der Waals surface area (Å²) < 4.78 is 0. The van der Waals surface area contributed by atoms with E-state index in [-0.39, 0.29) is 0 Å². The quantitative estimate of drug-likeness (QED) is 0.565. The van der Waals surface area contributed by atoms with Crippen LogP contribution in [0.2, 0.25) is 0 Å². The maximum Gasteiger partial charge on any atom is 0.0636 e. The van der Waals surface area contributed by atoms with E-state index in [0.717, 1.165) is 11.8 Å². The number of aliphatic carboxylic acids is 1. The van der Waals surface area contributed by atoms with Crippen LogP contribution < -0.4 is 5.11 Å². The monoisotopic (exact) mass is 195 g/mol. The predicted octanol–water partition coefficient (Wildman–Crippen LogP) is 1.04. The van der Waals surface area contributed by atoms with Crippen LogP contribution in [0, 0.1) is 0 Å². The van der Waals surface area contributed by atoms with Gasteiger partial charge in [0.15, 0.2) is 0 Å². The van der Waals surface area contributed by atoms with E-state index in [1.807, 2.05) is 18.2 Å². The van der Waals surface area contributed by atoms with Crippen LogP contribution in [0.25, 0.3) is 0 Å². The van der Waals surface area contributed by atoms with E-state index in [1.54, 1.807) is 0 Å². The maximum atomic E-state index is 9.14. The van der Waals surface area contributed by atoms with E-state index in [0.29, 0.717) is 0 Å². The Labute approximate surface area is 83.3 Å². The minimum Gasteiger partial charge on any atom is -0.545 e. The zero-order chi connectivity index (χ0) is 10.1. The Hall–Kier alpha value is -1.22. The lowest BCUT2D eigenvalue weighted by Gasteiger charge is -1.89. The summed E-state index contributed by atoms with van der Waals surface area (Å²) in [5.74, 6) is -0.397. The van der Waals surface area contributed by atoms with Crippen LogP contribution in [0.15, 0.2) is 43.0 Å². The summed E-state index contributed by atoms with van der Waals surface area (Å²) in [5, 5.41) is 9.14. The van der Waals surface area contributed by atoms with E-state index in [9.17, 15) is 0 Å². The molecule has 0 bridgehead atoms. The van der Waals surface area contributed by atoms with Crippen molar-refractivity contribution in [1.29, 1.82) is 0 Å². The van der Waals surface area contributed by atoms with Crippen molar-refractivity contribution in [2.75, 3.05) is 0 Å². The molecule has 0 aliphatic carbocycles. The number of carbonyl (C=O) groups excluding carboxylic acids is 1. The number of carboxylic acids is 1. The fourth-order valence-electron chi connectivity index (χ4n) is 0.583. The van der Waals surface area contributed by atoms with Crippen molar-refractivity contribution in [2.24, 2.45) is 0 Å². The zero-order valence-electron chi connectivity index (χ0n) is 7.14. The van der Waals surface area contributed by atoms with Gasteiger partial charge in [0.1, 0.15) is 0 Å². The molecule has 0 aliphatic rings. The van der Waals surface area contributed by atoms with E-state index in [2.05, 4.69) is 31.3 Å². The predicted molar refractivity (Wildman–Crippen MR) is 54.3 cm³/mol. The van der Waals surface area contributed by atoms with Gasteiger partial charge in [-0.15, -0.1) is 0 Å². The minimum atomic E-state index is -1.23. The number of hydrogen-bond donors (Lipinski definition) is 1. The van der Waals surface area contributed by atoms with E-state index in [1.165, 1.54) is 5.56 Å². The van der Waals surface area contributed by atoms with Crippen molar-refractivity contribution < 1.29 is 9.90 Å². The first kappa shape index (κ1) is 11.8. The number of carboxylic acid groups (broad SMARTS) is 1. The topological polar surface area (TPSA) is 40.1 Å². The van der Waals surface area contributed by atoms with E-state index in [4.69, 9.17) is 9.90 Å². The standard InChI is InChI=1S/C7H8S.C3H4O2/c8-6-7-4-2-1-3-5-7;1-2-3(4)5/h1-5,8H,6H2;2H,1H2,(H,4,5)/p-1. The number of rotatable bonds is 2. The van der Waals surface area contributed by atoms with Gasteiger partial charge in [-0.1, -0.05) is 36.9 Å². The Morgan fingerprint density at radius 1 is 1.46 bits per heavy atom.